The number of imide groups is 1. The summed E-state index contributed by atoms with van der Waals surface area (Å²) in [5.74, 6) is -1.24. The van der Waals surface area contributed by atoms with Crippen LogP contribution < -0.4 is 0 Å². The van der Waals surface area contributed by atoms with E-state index < -0.39 is 17.9 Å². The van der Waals surface area contributed by atoms with E-state index in [4.69, 9.17) is 5.21 Å². The van der Waals surface area contributed by atoms with Crippen molar-refractivity contribution < 1.29 is 24.3 Å². The normalized spacial score (nSPS) is 16.0. The molecule has 0 aliphatic carbocycles. The van der Waals surface area contributed by atoms with E-state index in [0.717, 1.165) is 0 Å². The molecule has 3 amide bonds. The van der Waals surface area contributed by atoms with Crippen LogP contribution in [0.4, 0.5) is 4.79 Å². The third-order valence-corrected chi connectivity index (χ3v) is 1.65. The van der Waals surface area contributed by atoms with E-state index in [1.165, 1.54) is 0 Å². The quantitative estimate of drug-likeness (QED) is 0.383. The van der Waals surface area contributed by atoms with E-state index >= 15 is 0 Å². The molecule has 7 nitrogen and oxygen atoms in total. The molecule has 1 fully saturated rings. The van der Waals surface area contributed by atoms with Crippen LogP contribution in [0, 0.1) is 0 Å². The fourth-order valence-corrected chi connectivity index (χ4v) is 1.04. The van der Waals surface area contributed by atoms with Gasteiger partial charge in [-0.25, -0.2) is 4.79 Å². The van der Waals surface area contributed by atoms with Crippen LogP contribution in [0.3, 0.4) is 0 Å². The molecule has 1 N–H and O–H groups in total. The van der Waals surface area contributed by atoms with Gasteiger partial charge in [0.15, 0.2) is 0 Å². The van der Waals surface area contributed by atoms with Gasteiger partial charge >= 0.3 is 6.09 Å². The Labute approximate surface area is 79.8 Å². The van der Waals surface area contributed by atoms with E-state index in [2.05, 4.69) is 4.74 Å². The molecule has 1 aliphatic heterocycles. The maximum absolute atomic E-state index is 11.0. The van der Waals surface area contributed by atoms with Crippen LogP contribution in [0.5, 0.6) is 0 Å². The molecule has 1 aliphatic rings. The summed E-state index contributed by atoms with van der Waals surface area (Å²) in [4.78, 5) is 33.0. The number of hydrogen-bond acceptors (Lipinski definition) is 5. The predicted octanol–water partition coefficient (Wildman–Crippen LogP) is -0.102. The van der Waals surface area contributed by atoms with Gasteiger partial charge in [-0.15, -0.1) is 0 Å². The maximum Gasteiger partial charge on any atom is 0.454 e. The van der Waals surface area contributed by atoms with E-state index in [-0.39, 0.29) is 24.6 Å². The first kappa shape index (κ1) is 10.5. The second-order valence-corrected chi connectivity index (χ2v) is 2.59. The molecule has 0 spiro atoms. The summed E-state index contributed by atoms with van der Waals surface area (Å²) >= 11 is 0. The summed E-state index contributed by atoms with van der Waals surface area (Å²) in [6.45, 7) is 1.59. The molecule has 1 rings (SSSR count). The fraction of sp³-hybridized carbons (Fsp3) is 0.571. The molecule has 0 bridgehead atoms. The van der Waals surface area contributed by atoms with Crippen molar-refractivity contribution in [2.24, 2.45) is 0 Å². The van der Waals surface area contributed by atoms with Crippen molar-refractivity contribution in [2.45, 2.75) is 19.8 Å². The average molecular weight is 202 g/mol. The van der Waals surface area contributed by atoms with E-state index in [1.54, 1.807) is 6.92 Å². The Hall–Kier alpha value is -1.63. The molecule has 14 heavy (non-hydrogen) atoms. The molecule has 0 unspecified atom stereocenters. The van der Waals surface area contributed by atoms with Gasteiger partial charge in [0.1, 0.15) is 0 Å². The summed E-state index contributed by atoms with van der Waals surface area (Å²) in [7, 11) is 0. The van der Waals surface area contributed by atoms with Crippen molar-refractivity contribution in [3.8, 4) is 0 Å². The maximum atomic E-state index is 11.0. The molecule has 0 aromatic rings. The number of nitrogens with zero attached hydrogens (tertiary/aromatic N) is 2. The molecule has 1 saturated heterocycles. The lowest BCUT2D eigenvalue weighted by Gasteiger charge is -2.21. The molecule has 0 saturated carbocycles. The van der Waals surface area contributed by atoms with E-state index in [1.807, 2.05) is 0 Å². The van der Waals surface area contributed by atoms with E-state index in [0.29, 0.717) is 5.01 Å². The van der Waals surface area contributed by atoms with Gasteiger partial charge < -0.3 is 4.74 Å². The molecule has 0 aromatic carbocycles. The fourth-order valence-electron chi connectivity index (χ4n) is 1.04. The summed E-state index contributed by atoms with van der Waals surface area (Å²) < 4.78 is 4.40. The number of carbonyl (C=O) groups is 3. The first-order valence-electron chi connectivity index (χ1n) is 4.09. The first-order valence-corrected chi connectivity index (χ1v) is 4.09. The van der Waals surface area contributed by atoms with E-state index in [9.17, 15) is 14.4 Å². The summed E-state index contributed by atoms with van der Waals surface area (Å²) in [6.07, 6.45) is -1.15. The van der Waals surface area contributed by atoms with Crippen molar-refractivity contribution in [3.05, 3.63) is 0 Å². The largest absolute Gasteiger partial charge is 0.454 e. The molecular formula is C7H10N2O5. The lowest BCUT2D eigenvalue weighted by Crippen LogP contribution is -2.47. The highest BCUT2D eigenvalue weighted by Crippen LogP contribution is 2.13. The molecular weight excluding hydrogens is 192 g/mol. The number of hydrazine groups is 1. The smallest absolute Gasteiger partial charge is 0.447 e. The zero-order valence-electron chi connectivity index (χ0n) is 7.60. The van der Waals surface area contributed by atoms with Gasteiger partial charge in [-0.3, -0.25) is 14.8 Å². The Bertz CT molecular complexity index is 261. The van der Waals surface area contributed by atoms with Gasteiger partial charge in [-0.2, -0.15) is 5.01 Å². The van der Waals surface area contributed by atoms with Crippen LogP contribution in [0.15, 0.2) is 0 Å². The van der Waals surface area contributed by atoms with Gasteiger partial charge in [0, 0.05) is 12.8 Å². The topological polar surface area (TPSA) is 87.2 Å². The molecule has 1 heterocycles. The molecule has 78 valence electrons. The SMILES string of the molecule is CCOC(=O)N(O)N1C(=O)CCC1=O. The highest BCUT2D eigenvalue weighted by atomic mass is 16.7. The first-order chi connectivity index (χ1) is 6.57. The Morgan fingerprint density at radius 3 is 2.43 bits per heavy atom. The van der Waals surface area contributed by atoms with Crippen LogP contribution >= 0.6 is 0 Å². The minimum absolute atomic E-state index is 0.00466. The number of ether oxygens (including phenoxy) is 1. The van der Waals surface area contributed by atoms with Crippen molar-refractivity contribution in [1.82, 2.24) is 10.2 Å². The number of hydroxylamine groups is 1. The second kappa shape index (κ2) is 4.05. The van der Waals surface area contributed by atoms with Gasteiger partial charge in [0.05, 0.1) is 6.61 Å². The molecule has 0 radical (unpaired) electrons. The van der Waals surface area contributed by atoms with Crippen molar-refractivity contribution in [1.29, 1.82) is 0 Å². The number of carbonyl (C=O) groups excluding carboxylic acids is 3. The third kappa shape index (κ3) is 1.82. The Balaban J connectivity index is 2.67. The minimum Gasteiger partial charge on any atom is -0.447 e. The summed E-state index contributed by atoms with van der Waals surface area (Å²) in [5, 5.41) is 9.41. The number of rotatable bonds is 2. The summed E-state index contributed by atoms with van der Waals surface area (Å²) in [6, 6.07) is 0. The van der Waals surface area contributed by atoms with Gasteiger partial charge in [-0.1, -0.05) is 5.17 Å². The Morgan fingerprint density at radius 2 is 2.00 bits per heavy atom. The Kier molecular flexibility index (Phi) is 3.03. The third-order valence-electron chi connectivity index (χ3n) is 1.65. The lowest BCUT2D eigenvalue weighted by atomic mass is 10.4. The van der Waals surface area contributed by atoms with Gasteiger partial charge in [-0.05, 0) is 6.92 Å². The van der Waals surface area contributed by atoms with Gasteiger partial charge in [0.2, 0.25) is 0 Å². The lowest BCUT2D eigenvalue weighted by molar-refractivity contribution is -0.211. The predicted molar refractivity (Wildman–Crippen MR) is 41.7 cm³/mol. The standard InChI is InChI=1S/C7H10N2O5/c1-2-14-7(12)9(13)8-5(10)3-4-6(8)11/h13H,2-4H2,1H3. The van der Waals surface area contributed by atoms with Gasteiger partial charge in [0.25, 0.3) is 11.8 Å². The zero-order chi connectivity index (χ0) is 10.7. The number of hydrogen-bond donors (Lipinski definition) is 1. The van der Waals surface area contributed by atoms with Crippen LogP contribution in [0.2, 0.25) is 0 Å². The molecule has 0 aromatic heterocycles. The van der Waals surface area contributed by atoms with Crippen LogP contribution in [-0.4, -0.2) is 39.9 Å². The van der Waals surface area contributed by atoms with Crippen molar-refractivity contribution in [3.63, 3.8) is 0 Å². The highest BCUT2D eigenvalue weighted by Gasteiger charge is 2.36. The highest BCUT2D eigenvalue weighted by molar-refractivity contribution is 6.02. The molecule has 0 atom stereocenters. The second-order valence-electron chi connectivity index (χ2n) is 2.59. The monoisotopic (exact) mass is 202 g/mol. The zero-order valence-corrected chi connectivity index (χ0v) is 7.60. The molecule has 7 heteroatoms. The van der Waals surface area contributed by atoms with Crippen molar-refractivity contribution >= 4 is 17.9 Å². The minimum atomic E-state index is -1.14. The van der Waals surface area contributed by atoms with Crippen LogP contribution in [0.25, 0.3) is 0 Å². The Morgan fingerprint density at radius 1 is 1.50 bits per heavy atom. The number of amides is 3. The summed E-state index contributed by atoms with van der Waals surface area (Å²) in [5.41, 5.74) is 0. The van der Waals surface area contributed by atoms with Crippen LogP contribution in [-0.2, 0) is 14.3 Å². The average Bonchev–Trinajstić information content (AvgIpc) is 2.46. The van der Waals surface area contributed by atoms with Crippen molar-refractivity contribution in [2.75, 3.05) is 6.61 Å². The van der Waals surface area contributed by atoms with Crippen LogP contribution in [0.1, 0.15) is 19.8 Å².